The van der Waals surface area contributed by atoms with Crippen LogP contribution in [-0.4, -0.2) is 33.5 Å². The molecule has 5 nitrogen and oxygen atoms in total. The molecule has 0 unspecified atom stereocenters. The number of amides is 1. The van der Waals surface area contributed by atoms with Gasteiger partial charge in [-0.15, -0.1) is 0 Å². The third-order valence-corrected chi connectivity index (χ3v) is 2.46. The number of hydrogen-bond acceptors (Lipinski definition) is 4. The lowest BCUT2D eigenvalue weighted by Gasteiger charge is -2.10. The van der Waals surface area contributed by atoms with E-state index in [0.717, 1.165) is 5.56 Å². The fourth-order valence-corrected chi connectivity index (χ4v) is 1.53. The van der Waals surface area contributed by atoms with Gasteiger partial charge in [0.05, 0.1) is 14.2 Å². The summed E-state index contributed by atoms with van der Waals surface area (Å²) in [5, 5.41) is 2.65. The van der Waals surface area contributed by atoms with Crippen molar-refractivity contribution in [2.45, 2.75) is 6.42 Å². The molecule has 19 heavy (non-hydrogen) atoms. The minimum atomic E-state index is -0.444. The molecular weight excluding hydrogens is 246 g/mol. The molecule has 1 amide bonds. The van der Waals surface area contributed by atoms with Gasteiger partial charge in [-0.25, -0.2) is 4.79 Å². The molecule has 0 aliphatic carbocycles. The quantitative estimate of drug-likeness (QED) is 0.768. The molecule has 0 aromatic heterocycles. The predicted molar refractivity (Wildman–Crippen MR) is 72.8 cm³/mol. The van der Waals surface area contributed by atoms with Crippen LogP contribution in [0.4, 0.5) is 4.79 Å². The lowest BCUT2D eigenvalue weighted by Crippen LogP contribution is -2.26. The summed E-state index contributed by atoms with van der Waals surface area (Å²) in [6.45, 7) is 4.17. The first-order chi connectivity index (χ1) is 9.21. The van der Waals surface area contributed by atoms with Crippen LogP contribution in [0, 0.1) is 0 Å². The predicted octanol–water partition coefficient (Wildman–Crippen LogP) is 2.16. The zero-order valence-corrected chi connectivity index (χ0v) is 11.3. The Balaban J connectivity index is 2.45. The van der Waals surface area contributed by atoms with Crippen molar-refractivity contribution in [1.29, 1.82) is 0 Å². The lowest BCUT2D eigenvalue weighted by atomic mass is 10.1. The first kappa shape index (κ1) is 14.9. The normalized spacial score (nSPS) is 9.58. The van der Waals surface area contributed by atoms with E-state index >= 15 is 0 Å². The van der Waals surface area contributed by atoms with Crippen molar-refractivity contribution >= 4 is 6.09 Å². The van der Waals surface area contributed by atoms with Gasteiger partial charge in [-0.3, -0.25) is 0 Å². The molecule has 5 heteroatoms. The molecule has 0 bridgehead atoms. The average molecular weight is 265 g/mol. The molecule has 0 radical (unpaired) electrons. The zero-order valence-electron chi connectivity index (χ0n) is 11.3. The molecule has 0 aliphatic rings. The Bertz CT molecular complexity index is 431. The van der Waals surface area contributed by atoms with Gasteiger partial charge in [0.1, 0.15) is 6.61 Å². The molecular formula is C14H19NO4. The van der Waals surface area contributed by atoms with Crippen molar-refractivity contribution in [2.24, 2.45) is 0 Å². The summed E-state index contributed by atoms with van der Waals surface area (Å²) in [6, 6.07) is 5.65. The minimum absolute atomic E-state index is 0.211. The van der Waals surface area contributed by atoms with Crippen LogP contribution >= 0.6 is 0 Å². The molecule has 0 saturated heterocycles. The topological polar surface area (TPSA) is 56.8 Å². The molecule has 0 saturated carbocycles. The van der Waals surface area contributed by atoms with E-state index < -0.39 is 6.09 Å². The van der Waals surface area contributed by atoms with E-state index in [-0.39, 0.29) is 6.61 Å². The Morgan fingerprint density at radius 1 is 1.32 bits per heavy atom. The average Bonchev–Trinajstić information content (AvgIpc) is 2.44. The molecule has 1 N–H and O–H groups in total. The second-order valence-corrected chi connectivity index (χ2v) is 3.75. The maximum absolute atomic E-state index is 11.2. The van der Waals surface area contributed by atoms with Gasteiger partial charge in [0.15, 0.2) is 11.5 Å². The van der Waals surface area contributed by atoms with Gasteiger partial charge in [-0.2, -0.15) is 0 Å². The number of rotatable bonds is 7. The summed E-state index contributed by atoms with van der Waals surface area (Å²) >= 11 is 0. The van der Waals surface area contributed by atoms with Crippen molar-refractivity contribution in [2.75, 3.05) is 27.4 Å². The van der Waals surface area contributed by atoms with Crippen LogP contribution in [0.5, 0.6) is 11.5 Å². The van der Waals surface area contributed by atoms with Crippen LogP contribution < -0.4 is 14.8 Å². The number of ether oxygens (including phenoxy) is 3. The van der Waals surface area contributed by atoms with Gasteiger partial charge in [0, 0.05) is 6.54 Å². The van der Waals surface area contributed by atoms with Gasteiger partial charge >= 0.3 is 6.09 Å². The number of hydrogen-bond donors (Lipinski definition) is 1. The minimum Gasteiger partial charge on any atom is -0.493 e. The first-order valence-electron chi connectivity index (χ1n) is 5.93. The Labute approximate surface area is 113 Å². The lowest BCUT2D eigenvalue weighted by molar-refractivity contribution is 0.158. The van der Waals surface area contributed by atoms with E-state index in [9.17, 15) is 4.79 Å². The summed E-state index contributed by atoms with van der Waals surface area (Å²) in [5.41, 5.74) is 1.04. The smallest absolute Gasteiger partial charge is 0.407 e. The van der Waals surface area contributed by atoms with Gasteiger partial charge in [-0.1, -0.05) is 18.7 Å². The standard InChI is InChI=1S/C14H19NO4/c1-4-9-19-14(16)15-8-7-11-5-6-12(17-2)13(10-11)18-3/h4-6,10H,1,7-9H2,2-3H3,(H,15,16). The number of methoxy groups -OCH3 is 2. The van der Waals surface area contributed by atoms with E-state index in [4.69, 9.17) is 14.2 Å². The molecule has 1 aromatic carbocycles. The maximum Gasteiger partial charge on any atom is 0.407 e. The third-order valence-electron chi connectivity index (χ3n) is 2.46. The van der Waals surface area contributed by atoms with Crippen molar-refractivity contribution in [3.05, 3.63) is 36.4 Å². The van der Waals surface area contributed by atoms with Gasteiger partial charge in [0.25, 0.3) is 0 Å². The number of carbonyl (C=O) groups excluding carboxylic acids is 1. The molecule has 0 heterocycles. The van der Waals surface area contributed by atoms with Gasteiger partial charge in [0.2, 0.25) is 0 Å². The highest BCUT2D eigenvalue weighted by Crippen LogP contribution is 2.27. The Kier molecular flexibility index (Phi) is 6.29. The van der Waals surface area contributed by atoms with Crippen LogP contribution in [0.1, 0.15) is 5.56 Å². The monoisotopic (exact) mass is 265 g/mol. The first-order valence-corrected chi connectivity index (χ1v) is 5.93. The van der Waals surface area contributed by atoms with Gasteiger partial charge in [-0.05, 0) is 24.1 Å². The van der Waals surface area contributed by atoms with Crippen LogP contribution in [0.2, 0.25) is 0 Å². The van der Waals surface area contributed by atoms with E-state index in [0.29, 0.717) is 24.5 Å². The third kappa shape index (κ3) is 4.91. The summed E-state index contributed by atoms with van der Waals surface area (Å²) in [7, 11) is 3.18. The van der Waals surface area contributed by atoms with Crippen LogP contribution in [0.15, 0.2) is 30.9 Å². The van der Waals surface area contributed by atoms with Gasteiger partial charge < -0.3 is 19.5 Å². The summed E-state index contributed by atoms with van der Waals surface area (Å²) in [5.74, 6) is 1.36. The van der Waals surface area contributed by atoms with Crippen molar-refractivity contribution in [3.8, 4) is 11.5 Å². The zero-order chi connectivity index (χ0) is 14.1. The molecule has 1 aromatic rings. The van der Waals surface area contributed by atoms with Crippen molar-refractivity contribution in [1.82, 2.24) is 5.32 Å². The second-order valence-electron chi connectivity index (χ2n) is 3.75. The van der Waals surface area contributed by atoms with Crippen molar-refractivity contribution < 1.29 is 19.0 Å². The van der Waals surface area contributed by atoms with E-state index in [1.807, 2.05) is 18.2 Å². The summed E-state index contributed by atoms with van der Waals surface area (Å²) in [6.07, 6.45) is 1.76. The Morgan fingerprint density at radius 2 is 2.05 bits per heavy atom. The highest BCUT2D eigenvalue weighted by Gasteiger charge is 2.05. The fourth-order valence-electron chi connectivity index (χ4n) is 1.53. The fraction of sp³-hybridized carbons (Fsp3) is 0.357. The molecule has 0 spiro atoms. The SMILES string of the molecule is C=CCOC(=O)NCCc1ccc(OC)c(OC)c1. The summed E-state index contributed by atoms with van der Waals surface area (Å²) in [4.78, 5) is 11.2. The number of carbonyl (C=O) groups is 1. The molecule has 1 rings (SSSR count). The Hall–Kier alpha value is -2.17. The van der Waals surface area contributed by atoms with Crippen LogP contribution in [0.25, 0.3) is 0 Å². The molecule has 104 valence electrons. The van der Waals surface area contributed by atoms with E-state index in [2.05, 4.69) is 11.9 Å². The molecule has 0 fully saturated rings. The van der Waals surface area contributed by atoms with E-state index in [1.54, 1.807) is 14.2 Å². The highest BCUT2D eigenvalue weighted by atomic mass is 16.5. The van der Waals surface area contributed by atoms with Crippen LogP contribution in [-0.2, 0) is 11.2 Å². The molecule has 0 atom stereocenters. The molecule has 0 aliphatic heterocycles. The summed E-state index contributed by atoms with van der Waals surface area (Å²) < 4.78 is 15.2. The van der Waals surface area contributed by atoms with Crippen molar-refractivity contribution in [3.63, 3.8) is 0 Å². The van der Waals surface area contributed by atoms with E-state index in [1.165, 1.54) is 6.08 Å². The second kappa shape index (κ2) is 8.02. The highest BCUT2D eigenvalue weighted by molar-refractivity contribution is 5.67. The van der Waals surface area contributed by atoms with Crippen LogP contribution in [0.3, 0.4) is 0 Å². The number of nitrogens with one attached hydrogen (secondary N) is 1. The Morgan fingerprint density at radius 3 is 2.68 bits per heavy atom. The maximum atomic E-state index is 11.2. The largest absolute Gasteiger partial charge is 0.493 e. The number of benzene rings is 1. The number of alkyl carbamates (subject to hydrolysis) is 1.